The van der Waals surface area contributed by atoms with Crippen molar-refractivity contribution in [2.75, 3.05) is 51.8 Å². The lowest BCUT2D eigenvalue weighted by atomic mass is 9.94. The number of carbonyl (C=O) groups is 1. The molecule has 1 saturated carbocycles. The summed E-state index contributed by atoms with van der Waals surface area (Å²) in [5, 5.41) is 0. The third kappa shape index (κ3) is 4.88. The van der Waals surface area contributed by atoms with Gasteiger partial charge in [0.2, 0.25) is 0 Å². The Morgan fingerprint density at radius 3 is 2.41 bits per heavy atom. The number of amides is 1. The highest BCUT2D eigenvalue weighted by Crippen LogP contribution is 2.28. The summed E-state index contributed by atoms with van der Waals surface area (Å²) in [5.74, 6) is 2.23. The minimum absolute atomic E-state index is 0.0334. The van der Waals surface area contributed by atoms with Crippen LogP contribution in [0, 0.1) is 0 Å². The predicted molar refractivity (Wildman–Crippen MR) is 127 cm³/mol. The SMILES string of the molecule is CCN1CCN(c2nc(-c3ccc(OC)cc3)ncc2C(=O)N(C)C2CCCCC2)CC1. The Morgan fingerprint density at radius 1 is 1.09 bits per heavy atom. The summed E-state index contributed by atoms with van der Waals surface area (Å²) in [4.78, 5) is 29.7. The summed E-state index contributed by atoms with van der Waals surface area (Å²) in [6.45, 7) is 6.91. The zero-order chi connectivity index (χ0) is 22.5. The molecule has 0 bridgehead atoms. The summed E-state index contributed by atoms with van der Waals surface area (Å²) < 4.78 is 5.28. The van der Waals surface area contributed by atoms with Gasteiger partial charge < -0.3 is 19.4 Å². The summed E-state index contributed by atoms with van der Waals surface area (Å²) in [5.41, 5.74) is 1.53. The van der Waals surface area contributed by atoms with Gasteiger partial charge in [0.1, 0.15) is 17.1 Å². The lowest BCUT2D eigenvalue weighted by Crippen LogP contribution is -2.47. The van der Waals surface area contributed by atoms with Gasteiger partial charge in [-0.05, 0) is 43.7 Å². The van der Waals surface area contributed by atoms with Crippen molar-refractivity contribution in [1.29, 1.82) is 0 Å². The molecule has 1 aliphatic carbocycles. The van der Waals surface area contributed by atoms with Gasteiger partial charge in [0.25, 0.3) is 5.91 Å². The Hall–Kier alpha value is -2.67. The molecule has 2 heterocycles. The Morgan fingerprint density at radius 2 is 1.78 bits per heavy atom. The van der Waals surface area contributed by atoms with Gasteiger partial charge in [0, 0.05) is 51.0 Å². The maximum atomic E-state index is 13.6. The van der Waals surface area contributed by atoms with Crippen LogP contribution >= 0.6 is 0 Å². The lowest BCUT2D eigenvalue weighted by molar-refractivity contribution is 0.0696. The van der Waals surface area contributed by atoms with Crippen molar-refractivity contribution < 1.29 is 9.53 Å². The van der Waals surface area contributed by atoms with Crippen LogP contribution < -0.4 is 9.64 Å². The molecule has 0 atom stereocenters. The monoisotopic (exact) mass is 437 g/mol. The first-order valence-corrected chi connectivity index (χ1v) is 11.9. The predicted octanol–water partition coefficient (Wildman–Crippen LogP) is 3.70. The van der Waals surface area contributed by atoms with Crippen LogP contribution in [0.4, 0.5) is 5.82 Å². The van der Waals surface area contributed by atoms with Crippen molar-refractivity contribution in [2.45, 2.75) is 45.1 Å². The van der Waals surface area contributed by atoms with Crippen molar-refractivity contribution >= 4 is 11.7 Å². The number of likely N-dealkylation sites (N-methyl/N-ethyl adjacent to an activating group) is 1. The highest BCUT2D eigenvalue weighted by Gasteiger charge is 2.29. The summed E-state index contributed by atoms with van der Waals surface area (Å²) in [6.07, 6.45) is 7.55. The standard InChI is InChI=1S/C25H35N5O2/c1-4-29-14-16-30(17-15-29)24-22(25(31)28(2)20-8-6-5-7-9-20)18-26-23(27-24)19-10-12-21(32-3)13-11-19/h10-13,18,20H,4-9,14-17H2,1-3H3. The van der Waals surface area contributed by atoms with Gasteiger partial charge in [-0.15, -0.1) is 0 Å². The smallest absolute Gasteiger partial charge is 0.259 e. The van der Waals surface area contributed by atoms with Crippen molar-refractivity contribution in [3.05, 3.63) is 36.0 Å². The highest BCUT2D eigenvalue weighted by atomic mass is 16.5. The number of carbonyl (C=O) groups excluding carboxylic acids is 1. The van der Waals surface area contributed by atoms with Crippen molar-refractivity contribution in [2.24, 2.45) is 0 Å². The molecule has 1 saturated heterocycles. The van der Waals surface area contributed by atoms with E-state index in [1.165, 1.54) is 19.3 Å². The minimum Gasteiger partial charge on any atom is -0.497 e. The fraction of sp³-hybridized carbons (Fsp3) is 0.560. The molecule has 7 heteroatoms. The van der Waals surface area contributed by atoms with E-state index in [4.69, 9.17) is 9.72 Å². The number of ether oxygens (including phenoxy) is 1. The maximum Gasteiger partial charge on any atom is 0.259 e. The normalized spacial score (nSPS) is 17.9. The van der Waals surface area contributed by atoms with Crippen LogP contribution in [0.25, 0.3) is 11.4 Å². The molecule has 0 N–H and O–H groups in total. The molecule has 2 aromatic rings. The van der Waals surface area contributed by atoms with Gasteiger partial charge in [-0.1, -0.05) is 26.2 Å². The van der Waals surface area contributed by atoms with E-state index in [0.717, 1.165) is 62.7 Å². The number of benzene rings is 1. The Balaban J connectivity index is 1.65. The molecule has 1 amide bonds. The molecule has 2 aliphatic rings. The molecule has 1 aliphatic heterocycles. The second-order valence-corrected chi connectivity index (χ2v) is 8.79. The zero-order valence-electron chi connectivity index (χ0n) is 19.6. The summed E-state index contributed by atoms with van der Waals surface area (Å²) in [6, 6.07) is 8.05. The van der Waals surface area contributed by atoms with Gasteiger partial charge in [-0.3, -0.25) is 4.79 Å². The van der Waals surface area contributed by atoms with Crippen molar-refractivity contribution in [3.8, 4) is 17.1 Å². The molecule has 2 fully saturated rings. The van der Waals surface area contributed by atoms with E-state index in [1.54, 1.807) is 13.3 Å². The number of anilines is 1. The first kappa shape index (κ1) is 22.5. The van der Waals surface area contributed by atoms with E-state index in [0.29, 0.717) is 17.4 Å². The Labute approximate surface area is 191 Å². The average molecular weight is 438 g/mol. The van der Waals surface area contributed by atoms with Gasteiger partial charge >= 0.3 is 0 Å². The van der Waals surface area contributed by atoms with Crippen molar-refractivity contribution in [1.82, 2.24) is 19.8 Å². The van der Waals surface area contributed by atoms with E-state index >= 15 is 0 Å². The first-order chi connectivity index (χ1) is 15.6. The van der Waals surface area contributed by atoms with Gasteiger partial charge in [-0.2, -0.15) is 0 Å². The Kier molecular flexibility index (Phi) is 7.25. The van der Waals surface area contributed by atoms with E-state index in [9.17, 15) is 4.79 Å². The second kappa shape index (κ2) is 10.3. The molecule has 0 spiro atoms. The van der Waals surface area contributed by atoms with E-state index in [1.807, 2.05) is 36.2 Å². The topological polar surface area (TPSA) is 61.8 Å². The number of piperazine rings is 1. The number of aromatic nitrogens is 2. The van der Waals surface area contributed by atoms with Crippen LogP contribution in [-0.2, 0) is 0 Å². The van der Waals surface area contributed by atoms with E-state index in [2.05, 4.69) is 21.7 Å². The second-order valence-electron chi connectivity index (χ2n) is 8.79. The van der Waals surface area contributed by atoms with Gasteiger partial charge in [0.05, 0.1) is 7.11 Å². The quantitative estimate of drug-likeness (QED) is 0.687. The maximum absolute atomic E-state index is 13.6. The molecule has 0 unspecified atom stereocenters. The fourth-order valence-electron chi connectivity index (χ4n) is 4.74. The van der Waals surface area contributed by atoms with E-state index < -0.39 is 0 Å². The number of hydrogen-bond donors (Lipinski definition) is 0. The molecular weight excluding hydrogens is 402 g/mol. The molecule has 1 aromatic carbocycles. The minimum atomic E-state index is 0.0334. The van der Waals surface area contributed by atoms with Gasteiger partial charge in [0.15, 0.2) is 5.82 Å². The highest BCUT2D eigenvalue weighted by molar-refractivity contribution is 5.99. The molecular formula is C25H35N5O2. The number of hydrogen-bond acceptors (Lipinski definition) is 6. The molecule has 0 radical (unpaired) electrons. The van der Waals surface area contributed by atoms with Crippen LogP contribution in [-0.4, -0.2) is 78.6 Å². The third-order valence-corrected chi connectivity index (χ3v) is 6.91. The number of nitrogens with zero attached hydrogens (tertiary/aromatic N) is 5. The molecule has 1 aromatic heterocycles. The fourth-order valence-corrected chi connectivity index (χ4v) is 4.74. The first-order valence-electron chi connectivity index (χ1n) is 11.9. The molecule has 7 nitrogen and oxygen atoms in total. The average Bonchev–Trinajstić information content (AvgIpc) is 2.88. The van der Waals surface area contributed by atoms with E-state index in [-0.39, 0.29) is 5.91 Å². The molecule has 32 heavy (non-hydrogen) atoms. The third-order valence-electron chi connectivity index (χ3n) is 6.91. The van der Waals surface area contributed by atoms with Crippen LogP contribution in [0.15, 0.2) is 30.5 Å². The van der Waals surface area contributed by atoms with Crippen molar-refractivity contribution in [3.63, 3.8) is 0 Å². The number of methoxy groups -OCH3 is 1. The largest absolute Gasteiger partial charge is 0.497 e. The van der Waals surface area contributed by atoms with Gasteiger partial charge in [-0.25, -0.2) is 9.97 Å². The Bertz CT molecular complexity index is 903. The number of rotatable bonds is 6. The van der Waals surface area contributed by atoms with Crippen LogP contribution in [0.5, 0.6) is 5.75 Å². The summed E-state index contributed by atoms with van der Waals surface area (Å²) in [7, 11) is 3.59. The molecule has 172 valence electrons. The molecule has 4 rings (SSSR count). The van der Waals surface area contributed by atoms with Crippen LogP contribution in [0.2, 0.25) is 0 Å². The van der Waals surface area contributed by atoms with Crippen LogP contribution in [0.1, 0.15) is 49.4 Å². The van der Waals surface area contributed by atoms with Crippen LogP contribution in [0.3, 0.4) is 0 Å². The lowest BCUT2D eigenvalue weighted by Gasteiger charge is -2.36. The summed E-state index contributed by atoms with van der Waals surface area (Å²) >= 11 is 0. The zero-order valence-corrected chi connectivity index (χ0v) is 19.6.